The van der Waals surface area contributed by atoms with Gasteiger partial charge in [-0.3, -0.25) is 0 Å². The summed E-state index contributed by atoms with van der Waals surface area (Å²) in [6, 6.07) is 9.03. The highest BCUT2D eigenvalue weighted by atomic mass is 19.1. The van der Waals surface area contributed by atoms with Crippen molar-refractivity contribution in [1.29, 1.82) is 0 Å². The van der Waals surface area contributed by atoms with E-state index >= 15 is 0 Å². The van der Waals surface area contributed by atoms with Gasteiger partial charge in [-0.05, 0) is 37.1 Å². The van der Waals surface area contributed by atoms with Crippen molar-refractivity contribution in [2.24, 2.45) is 0 Å². The molecule has 1 aliphatic heterocycles. The molecule has 0 atom stereocenters. The second-order valence-corrected chi connectivity index (χ2v) is 5.08. The zero-order valence-electron chi connectivity index (χ0n) is 11.8. The van der Waals surface area contributed by atoms with Gasteiger partial charge in [-0.2, -0.15) is 4.98 Å². The van der Waals surface area contributed by atoms with Gasteiger partial charge in [0.1, 0.15) is 17.4 Å². The number of aromatic nitrogens is 1. The highest BCUT2D eigenvalue weighted by molar-refractivity contribution is 5.88. The lowest BCUT2D eigenvalue weighted by molar-refractivity contribution is 0.0691. The lowest BCUT2D eigenvalue weighted by Gasteiger charge is -2.16. The van der Waals surface area contributed by atoms with E-state index in [0.717, 1.165) is 43.9 Å². The van der Waals surface area contributed by atoms with Crippen LogP contribution in [0.2, 0.25) is 0 Å². The van der Waals surface area contributed by atoms with E-state index in [-0.39, 0.29) is 5.75 Å². The number of benzene rings is 1. The summed E-state index contributed by atoms with van der Waals surface area (Å²) >= 11 is 0. The fraction of sp³-hybridized carbons (Fsp3) is 0.250. The summed E-state index contributed by atoms with van der Waals surface area (Å²) in [5, 5.41) is 8.93. The van der Waals surface area contributed by atoms with Crippen molar-refractivity contribution in [2.75, 3.05) is 18.0 Å². The Hall–Kier alpha value is -2.63. The van der Waals surface area contributed by atoms with Crippen LogP contribution in [0.25, 0.3) is 0 Å². The molecule has 0 amide bonds. The minimum absolute atomic E-state index is 0.241. The van der Waals surface area contributed by atoms with Gasteiger partial charge in [-0.15, -0.1) is 0 Å². The molecule has 6 heteroatoms. The summed E-state index contributed by atoms with van der Waals surface area (Å²) < 4.78 is 18.9. The molecule has 2 heterocycles. The van der Waals surface area contributed by atoms with Crippen LogP contribution in [0.4, 0.5) is 10.2 Å². The Bertz CT molecular complexity index is 700. The van der Waals surface area contributed by atoms with Gasteiger partial charge in [0, 0.05) is 19.2 Å². The van der Waals surface area contributed by atoms with E-state index in [2.05, 4.69) is 9.88 Å². The molecule has 0 radical (unpaired) electrons. The van der Waals surface area contributed by atoms with E-state index in [4.69, 9.17) is 9.84 Å². The molecular formula is C16H15FN2O3. The number of carboxylic acid groups (broad SMARTS) is 1. The topological polar surface area (TPSA) is 62.7 Å². The van der Waals surface area contributed by atoms with E-state index in [0.29, 0.717) is 5.88 Å². The minimum atomic E-state index is -1.33. The molecule has 1 aliphatic rings. The molecule has 114 valence electrons. The van der Waals surface area contributed by atoms with Gasteiger partial charge in [0.05, 0.1) is 5.56 Å². The lowest BCUT2D eigenvalue weighted by Crippen LogP contribution is -2.18. The molecule has 1 aromatic carbocycles. The molecular weight excluding hydrogens is 287 g/mol. The number of carboxylic acids is 1. The number of halogens is 1. The van der Waals surface area contributed by atoms with Crippen LogP contribution >= 0.6 is 0 Å². The summed E-state index contributed by atoms with van der Waals surface area (Å²) in [4.78, 5) is 17.5. The van der Waals surface area contributed by atoms with Crippen molar-refractivity contribution in [1.82, 2.24) is 4.98 Å². The van der Waals surface area contributed by atoms with E-state index in [1.54, 1.807) is 6.07 Å². The molecule has 5 nitrogen and oxygen atoms in total. The SMILES string of the molecule is O=C(O)c1cc(Oc2cccc(N3CCCC3)n2)ccc1F. The zero-order valence-corrected chi connectivity index (χ0v) is 11.8. The van der Waals surface area contributed by atoms with Crippen molar-refractivity contribution < 1.29 is 19.0 Å². The number of nitrogens with zero attached hydrogens (tertiary/aromatic N) is 2. The molecule has 22 heavy (non-hydrogen) atoms. The Labute approximate surface area is 127 Å². The van der Waals surface area contributed by atoms with Gasteiger partial charge >= 0.3 is 5.97 Å². The maximum absolute atomic E-state index is 13.4. The molecule has 1 saturated heterocycles. The normalized spacial score (nSPS) is 14.1. The van der Waals surface area contributed by atoms with E-state index in [9.17, 15) is 9.18 Å². The first kappa shape index (κ1) is 14.3. The van der Waals surface area contributed by atoms with Crippen molar-refractivity contribution in [3.05, 3.63) is 47.8 Å². The standard InChI is InChI=1S/C16H15FN2O3/c17-13-7-6-11(10-12(13)16(20)21)22-15-5-3-4-14(18-15)19-8-1-2-9-19/h3-7,10H,1-2,8-9H2,(H,20,21). The molecule has 0 aliphatic carbocycles. The predicted octanol–water partition coefficient (Wildman–Crippen LogP) is 3.31. The third-order valence-electron chi connectivity index (χ3n) is 3.53. The highest BCUT2D eigenvalue weighted by Crippen LogP contribution is 2.25. The third kappa shape index (κ3) is 3.00. The van der Waals surface area contributed by atoms with Crippen LogP contribution in [0.1, 0.15) is 23.2 Å². The predicted molar refractivity (Wildman–Crippen MR) is 79.1 cm³/mol. The first-order valence-electron chi connectivity index (χ1n) is 7.06. The van der Waals surface area contributed by atoms with E-state index in [1.807, 2.05) is 12.1 Å². The van der Waals surface area contributed by atoms with Gasteiger partial charge in [0.25, 0.3) is 0 Å². The van der Waals surface area contributed by atoms with Gasteiger partial charge in [0.2, 0.25) is 5.88 Å². The number of rotatable bonds is 4. The fourth-order valence-corrected chi connectivity index (χ4v) is 2.44. The molecule has 1 N–H and O–H groups in total. The Morgan fingerprint density at radius 2 is 2.00 bits per heavy atom. The van der Waals surface area contributed by atoms with Crippen molar-refractivity contribution in [3.63, 3.8) is 0 Å². The maximum atomic E-state index is 13.4. The number of hydrogen-bond acceptors (Lipinski definition) is 4. The first-order chi connectivity index (χ1) is 10.6. The lowest BCUT2D eigenvalue weighted by atomic mass is 10.2. The number of aromatic carboxylic acids is 1. The molecule has 1 fully saturated rings. The van der Waals surface area contributed by atoms with Crippen LogP contribution in [0.5, 0.6) is 11.6 Å². The number of anilines is 1. The molecule has 2 aromatic rings. The van der Waals surface area contributed by atoms with Crippen LogP contribution in [0.3, 0.4) is 0 Å². The summed E-state index contributed by atoms with van der Waals surface area (Å²) in [6.07, 6.45) is 2.29. The number of ether oxygens (including phenoxy) is 1. The van der Waals surface area contributed by atoms with Gasteiger partial charge in [-0.1, -0.05) is 6.07 Å². The number of pyridine rings is 1. The van der Waals surface area contributed by atoms with Crippen LogP contribution < -0.4 is 9.64 Å². The highest BCUT2D eigenvalue weighted by Gasteiger charge is 2.15. The Morgan fingerprint density at radius 3 is 2.73 bits per heavy atom. The number of hydrogen-bond donors (Lipinski definition) is 1. The summed E-state index contributed by atoms with van der Waals surface area (Å²) in [7, 11) is 0. The average Bonchev–Trinajstić information content (AvgIpc) is 3.03. The van der Waals surface area contributed by atoms with Crippen LogP contribution in [-0.4, -0.2) is 29.1 Å². The molecule has 1 aromatic heterocycles. The van der Waals surface area contributed by atoms with Gasteiger partial charge in [0.15, 0.2) is 0 Å². The second-order valence-electron chi connectivity index (χ2n) is 5.08. The van der Waals surface area contributed by atoms with Crippen LogP contribution in [-0.2, 0) is 0 Å². The average molecular weight is 302 g/mol. The fourth-order valence-electron chi connectivity index (χ4n) is 2.44. The molecule has 0 unspecified atom stereocenters. The smallest absolute Gasteiger partial charge is 0.338 e. The molecule has 0 bridgehead atoms. The summed E-state index contributed by atoms with van der Waals surface area (Å²) in [6.45, 7) is 1.94. The van der Waals surface area contributed by atoms with Crippen molar-refractivity contribution in [2.45, 2.75) is 12.8 Å². The second kappa shape index (κ2) is 6.01. The van der Waals surface area contributed by atoms with E-state index in [1.165, 1.54) is 6.07 Å². The summed E-state index contributed by atoms with van der Waals surface area (Å²) in [5.41, 5.74) is -0.423. The third-order valence-corrected chi connectivity index (χ3v) is 3.53. The van der Waals surface area contributed by atoms with Crippen LogP contribution in [0.15, 0.2) is 36.4 Å². The van der Waals surface area contributed by atoms with Crippen LogP contribution in [0, 0.1) is 5.82 Å². The zero-order chi connectivity index (χ0) is 15.5. The Morgan fingerprint density at radius 1 is 1.23 bits per heavy atom. The monoisotopic (exact) mass is 302 g/mol. The summed E-state index contributed by atoms with van der Waals surface area (Å²) in [5.74, 6) is -0.701. The van der Waals surface area contributed by atoms with Gasteiger partial charge in [-0.25, -0.2) is 9.18 Å². The van der Waals surface area contributed by atoms with Gasteiger partial charge < -0.3 is 14.7 Å². The quantitative estimate of drug-likeness (QED) is 0.938. The molecule has 3 rings (SSSR count). The largest absolute Gasteiger partial charge is 0.478 e. The first-order valence-corrected chi connectivity index (χ1v) is 7.06. The van der Waals surface area contributed by atoms with Crippen molar-refractivity contribution in [3.8, 4) is 11.6 Å². The Balaban J connectivity index is 1.82. The minimum Gasteiger partial charge on any atom is -0.478 e. The van der Waals surface area contributed by atoms with E-state index < -0.39 is 17.3 Å². The molecule has 0 spiro atoms. The maximum Gasteiger partial charge on any atom is 0.338 e. The van der Waals surface area contributed by atoms with Crippen molar-refractivity contribution >= 4 is 11.8 Å². The molecule has 0 saturated carbocycles. The number of carbonyl (C=O) groups is 1. The Kier molecular flexibility index (Phi) is 3.91.